The van der Waals surface area contributed by atoms with Crippen LogP contribution in [0.25, 0.3) is 0 Å². The summed E-state index contributed by atoms with van der Waals surface area (Å²) in [6.45, 7) is 2.30. The standard InChI is InChI=1S/C10H18O2/c1-9-5-4-8(6-9)7-10(9,11-2)12-3/h8H,4-7H2,1-3H3. The lowest BCUT2D eigenvalue weighted by Gasteiger charge is -2.42. The summed E-state index contributed by atoms with van der Waals surface area (Å²) in [6.07, 6.45) is 5.01. The Labute approximate surface area is 74.2 Å². The lowest BCUT2D eigenvalue weighted by atomic mass is 9.80. The van der Waals surface area contributed by atoms with E-state index in [0.29, 0.717) is 0 Å². The molecule has 2 atom stereocenters. The minimum Gasteiger partial charge on any atom is -0.353 e. The summed E-state index contributed by atoms with van der Waals surface area (Å²) in [7, 11) is 3.55. The lowest BCUT2D eigenvalue weighted by molar-refractivity contribution is -0.265. The number of hydrogen-bond donors (Lipinski definition) is 0. The molecule has 2 unspecified atom stereocenters. The molecule has 0 heterocycles. The molecule has 70 valence electrons. The van der Waals surface area contributed by atoms with Crippen molar-refractivity contribution in [3.63, 3.8) is 0 Å². The van der Waals surface area contributed by atoms with Crippen molar-refractivity contribution in [2.45, 2.75) is 38.4 Å². The highest BCUT2D eigenvalue weighted by Gasteiger charge is 2.60. The van der Waals surface area contributed by atoms with Crippen molar-refractivity contribution >= 4 is 0 Å². The summed E-state index contributed by atoms with van der Waals surface area (Å²) >= 11 is 0. The van der Waals surface area contributed by atoms with E-state index in [1.165, 1.54) is 19.3 Å². The maximum absolute atomic E-state index is 5.56. The van der Waals surface area contributed by atoms with Gasteiger partial charge in [0.25, 0.3) is 0 Å². The number of rotatable bonds is 2. The van der Waals surface area contributed by atoms with Gasteiger partial charge in [0.2, 0.25) is 0 Å². The van der Waals surface area contributed by atoms with Gasteiger partial charge in [-0.3, -0.25) is 0 Å². The molecular formula is C10H18O2. The van der Waals surface area contributed by atoms with Crippen LogP contribution >= 0.6 is 0 Å². The average molecular weight is 170 g/mol. The van der Waals surface area contributed by atoms with Gasteiger partial charge in [-0.15, -0.1) is 0 Å². The van der Waals surface area contributed by atoms with Crippen LogP contribution in [0.2, 0.25) is 0 Å². The number of fused-ring (bicyclic) bond motifs is 2. The zero-order valence-corrected chi connectivity index (χ0v) is 8.22. The fourth-order valence-electron chi connectivity index (χ4n) is 3.25. The highest BCUT2D eigenvalue weighted by molar-refractivity contribution is 5.05. The van der Waals surface area contributed by atoms with Crippen LogP contribution in [-0.2, 0) is 9.47 Å². The summed E-state index contributed by atoms with van der Waals surface area (Å²) in [5, 5.41) is 0. The predicted octanol–water partition coefficient (Wildman–Crippen LogP) is 2.19. The van der Waals surface area contributed by atoms with E-state index < -0.39 is 0 Å². The topological polar surface area (TPSA) is 18.5 Å². The number of hydrogen-bond acceptors (Lipinski definition) is 2. The first-order valence-corrected chi connectivity index (χ1v) is 4.76. The van der Waals surface area contributed by atoms with Crippen LogP contribution in [0.4, 0.5) is 0 Å². The largest absolute Gasteiger partial charge is 0.353 e. The molecule has 0 spiro atoms. The second kappa shape index (κ2) is 2.46. The SMILES string of the molecule is COC1(OC)CC2CCC1(C)C2. The molecule has 2 heteroatoms. The molecule has 0 aromatic rings. The Hall–Kier alpha value is -0.0800. The van der Waals surface area contributed by atoms with Crippen molar-refractivity contribution < 1.29 is 9.47 Å². The van der Waals surface area contributed by atoms with E-state index in [1.807, 2.05) is 0 Å². The molecule has 2 fully saturated rings. The van der Waals surface area contributed by atoms with Gasteiger partial charge in [0, 0.05) is 26.1 Å². The fraction of sp³-hybridized carbons (Fsp3) is 1.00. The Morgan fingerprint density at radius 2 is 1.83 bits per heavy atom. The van der Waals surface area contributed by atoms with Gasteiger partial charge in [-0.2, -0.15) is 0 Å². The van der Waals surface area contributed by atoms with Gasteiger partial charge in [-0.25, -0.2) is 0 Å². The van der Waals surface area contributed by atoms with Crippen molar-refractivity contribution in [3.05, 3.63) is 0 Å². The molecule has 2 nitrogen and oxygen atoms in total. The van der Waals surface area contributed by atoms with E-state index in [-0.39, 0.29) is 11.2 Å². The van der Waals surface area contributed by atoms with Gasteiger partial charge in [-0.1, -0.05) is 6.92 Å². The molecule has 2 bridgehead atoms. The van der Waals surface area contributed by atoms with Gasteiger partial charge in [0.15, 0.2) is 5.79 Å². The van der Waals surface area contributed by atoms with Crippen LogP contribution in [0.15, 0.2) is 0 Å². The van der Waals surface area contributed by atoms with Crippen LogP contribution in [0.5, 0.6) is 0 Å². The molecular weight excluding hydrogens is 152 g/mol. The summed E-state index contributed by atoms with van der Waals surface area (Å²) in [4.78, 5) is 0. The van der Waals surface area contributed by atoms with E-state index in [1.54, 1.807) is 14.2 Å². The molecule has 2 rings (SSSR count). The van der Waals surface area contributed by atoms with Crippen LogP contribution in [-0.4, -0.2) is 20.0 Å². The van der Waals surface area contributed by atoms with Gasteiger partial charge in [0.1, 0.15) is 0 Å². The van der Waals surface area contributed by atoms with E-state index >= 15 is 0 Å². The molecule has 0 aromatic heterocycles. The number of ether oxygens (including phenoxy) is 2. The Kier molecular flexibility index (Phi) is 1.74. The highest BCUT2D eigenvalue weighted by atomic mass is 16.7. The normalized spacial score (nSPS) is 43.8. The molecule has 0 aliphatic heterocycles. The first kappa shape index (κ1) is 8.52. The Bertz CT molecular complexity index is 186. The second-order valence-electron chi connectivity index (χ2n) is 4.53. The van der Waals surface area contributed by atoms with Gasteiger partial charge < -0.3 is 9.47 Å². The minimum atomic E-state index is -0.268. The van der Waals surface area contributed by atoms with Crippen molar-refractivity contribution in [2.75, 3.05) is 14.2 Å². The lowest BCUT2D eigenvalue weighted by Crippen LogP contribution is -2.46. The molecule has 0 aromatic carbocycles. The Morgan fingerprint density at radius 1 is 1.17 bits per heavy atom. The Morgan fingerprint density at radius 3 is 2.08 bits per heavy atom. The molecule has 0 amide bonds. The third kappa shape index (κ3) is 0.826. The highest BCUT2D eigenvalue weighted by Crippen LogP contribution is 2.60. The van der Waals surface area contributed by atoms with Crippen LogP contribution in [0.3, 0.4) is 0 Å². The van der Waals surface area contributed by atoms with Crippen LogP contribution in [0.1, 0.15) is 32.6 Å². The maximum Gasteiger partial charge on any atom is 0.173 e. The van der Waals surface area contributed by atoms with E-state index in [9.17, 15) is 0 Å². The van der Waals surface area contributed by atoms with Gasteiger partial charge in [0.05, 0.1) is 0 Å². The summed E-state index contributed by atoms with van der Waals surface area (Å²) < 4.78 is 11.1. The van der Waals surface area contributed by atoms with Crippen molar-refractivity contribution in [2.24, 2.45) is 11.3 Å². The van der Waals surface area contributed by atoms with Crippen molar-refractivity contribution in [1.82, 2.24) is 0 Å². The molecule has 2 aliphatic carbocycles. The fourth-order valence-corrected chi connectivity index (χ4v) is 3.25. The van der Waals surface area contributed by atoms with Crippen molar-refractivity contribution in [3.8, 4) is 0 Å². The second-order valence-corrected chi connectivity index (χ2v) is 4.53. The third-order valence-electron chi connectivity index (χ3n) is 3.98. The summed E-state index contributed by atoms with van der Waals surface area (Å²) in [6, 6.07) is 0. The molecule has 0 N–H and O–H groups in total. The average Bonchev–Trinajstić information content (AvgIpc) is 2.57. The maximum atomic E-state index is 5.56. The third-order valence-corrected chi connectivity index (χ3v) is 3.98. The predicted molar refractivity (Wildman–Crippen MR) is 46.8 cm³/mol. The van der Waals surface area contributed by atoms with E-state index in [4.69, 9.17) is 9.47 Å². The zero-order valence-electron chi connectivity index (χ0n) is 8.22. The number of methoxy groups -OCH3 is 2. The van der Waals surface area contributed by atoms with Crippen molar-refractivity contribution in [1.29, 1.82) is 0 Å². The molecule has 0 radical (unpaired) electrons. The molecule has 2 aliphatic rings. The van der Waals surface area contributed by atoms with E-state index in [2.05, 4.69) is 6.92 Å². The van der Waals surface area contributed by atoms with Crippen LogP contribution < -0.4 is 0 Å². The molecule has 0 saturated heterocycles. The smallest absolute Gasteiger partial charge is 0.173 e. The van der Waals surface area contributed by atoms with Crippen LogP contribution in [0, 0.1) is 11.3 Å². The van der Waals surface area contributed by atoms with Gasteiger partial charge in [-0.05, 0) is 25.2 Å². The zero-order chi connectivity index (χ0) is 8.82. The summed E-state index contributed by atoms with van der Waals surface area (Å²) in [5.74, 6) is 0.575. The Balaban J connectivity index is 2.27. The first-order chi connectivity index (χ1) is 5.66. The first-order valence-electron chi connectivity index (χ1n) is 4.76. The minimum absolute atomic E-state index is 0.268. The van der Waals surface area contributed by atoms with E-state index in [0.717, 1.165) is 12.3 Å². The van der Waals surface area contributed by atoms with Gasteiger partial charge >= 0.3 is 0 Å². The molecule has 2 saturated carbocycles. The monoisotopic (exact) mass is 170 g/mol. The molecule has 12 heavy (non-hydrogen) atoms. The summed E-state index contributed by atoms with van der Waals surface area (Å²) in [5.41, 5.74) is 0.279. The quantitative estimate of drug-likeness (QED) is 0.591.